The third-order valence-electron chi connectivity index (χ3n) is 2.67. The van der Waals surface area contributed by atoms with Crippen molar-refractivity contribution < 1.29 is 14.0 Å². The second-order valence-corrected chi connectivity index (χ2v) is 10.7. The minimum atomic E-state index is -1.71. The minimum Gasteiger partial charge on any atom is -0.459 e. The molecule has 0 aliphatic rings. The van der Waals surface area contributed by atoms with Gasteiger partial charge in [-0.15, -0.1) is 0 Å². The van der Waals surface area contributed by atoms with Crippen LogP contribution in [0.4, 0.5) is 0 Å². The summed E-state index contributed by atoms with van der Waals surface area (Å²) in [6.07, 6.45) is 2.32. The van der Waals surface area contributed by atoms with E-state index in [0.717, 1.165) is 18.9 Å². The fourth-order valence-corrected chi connectivity index (χ4v) is 3.51. The van der Waals surface area contributed by atoms with Crippen LogP contribution in [0.2, 0.25) is 19.1 Å². The van der Waals surface area contributed by atoms with Gasteiger partial charge in [0.25, 0.3) is 0 Å². The van der Waals surface area contributed by atoms with E-state index in [0.29, 0.717) is 0 Å². The maximum absolute atomic E-state index is 11.9. The summed E-state index contributed by atoms with van der Waals surface area (Å²) in [6.45, 7) is 12.2. The van der Waals surface area contributed by atoms with Crippen molar-refractivity contribution in [2.24, 2.45) is 5.84 Å². The maximum Gasteiger partial charge on any atom is 0.327 e. The van der Waals surface area contributed by atoms with Gasteiger partial charge < -0.3 is 9.16 Å². The van der Waals surface area contributed by atoms with E-state index in [1.54, 1.807) is 0 Å². The van der Waals surface area contributed by atoms with Crippen molar-refractivity contribution in [2.75, 3.05) is 6.61 Å². The molecule has 0 saturated heterocycles. The van der Waals surface area contributed by atoms with E-state index in [-0.39, 0.29) is 12.6 Å². The highest BCUT2D eigenvalue weighted by molar-refractivity contribution is 6.71. The number of nitrogens with one attached hydrogen (secondary N) is 1. The first-order valence-corrected chi connectivity index (χ1v) is 10.1. The lowest BCUT2D eigenvalue weighted by Gasteiger charge is -2.27. The van der Waals surface area contributed by atoms with Gasteiger partial charge in [0.05, 0.1) is 6.61 Å². The van der Waals surface area contributed by atoms with E-state index in [1.807, 2.05) is 20.8 Å². The summed E-state index contributed by atoms with van der Waals surface area (Å²) in [6, 6.07) is 0.488. The number of hydrogen-bond donors (Lipinski definition) is 2. The average molecular weight is 290 g/mol. The SMILES string of the molecule is CCCC[Si](C)(C)OCC(NN)C(=O)OC(C)(C)C. The molecule has 0 aromatic heterocycles. The molecule has 0 spiro atoms. The molecule has 1 atom stereocenters. The van der Waals surface area contributed by atoms with Gasteiger partial charge in [0.15, 0.2) is 8.32 Å². The highest BCUT2D eigenvalue weighted by atomic mass is 28.4. The molecule has 19 heavy (non-hydrogen) atoms. The molecule has 0 aliphatic heterocycles. The Hall–Kier alpha value is -0.433. The third kappa shape index (κ3) is 9.15. The second kappa shape index (κ2) is 7.99. The molecule has 0 rings (SSSR count). The predicted octanol–water partition coefficient (Wildman–Crippen LogP) is 2.18. The third-order valence-corrected chi connectivity index (χ3v) is 5.17. The molecule has 6 heteroatoms. The number of rotatable bonds is 8. The Balaban J connectivity index is 4.30. The van der Waals surface area contributed by atoms with Crippen molar-refractivity contribution in [1.82, 2.24) is 5.43 Å². The number of nitrogens with two attached hydrogens (primary N) is 1. The molecule has 0 amide bonds. The lowest BCUT2D eigenvalue weighted by molar-refractivity contribution is -0.158. The molecule has 114 valence electrons. The van der Waals surface area contributed by atoms with Crippen molar-refractivity contribution >= 4 is 14.3 Å². The Labute approximate surface area is 118 Å². The van der Waals surface area contributed by atoms with Gasteiger partial charge in [0.1, 0.15) is 11.6 Å². The van der Waals surface area contributed by atoms with Gasteiger partial charge in [-0.1, -0.05) is 19.8 Å². The van der Waals surface area contributed by atoms with Gasteiger partial charge in [0, 0.05) is 0 Å². The Bertz CT molecular complexity index is 278. The van der Waals surface area contributed by atoms with E-state index >= 15 is 0 Å². The lowest BCUT2D eigenvalue weighted by atomic mass is 10.2. The van der Waals surface area contributed by atoms with Crippen LogP contribution in [-0.4, -0.2) is 32.5 Å². The zero-order valence-electron chi connectivity index (χ0n) is 13.2. The fourth-order valence-electron chi connectivity index (χ4n) is 1.54. The van der Waals surface area contributed by atoms with Crippen LogP contribution in [0.15, 0.2) is 0 Å². The first-order valence-electron chi connectivity index (χ1n) is 6.94. The van der Waals surface area contributed by atoms with E-state index in [4.69, 9.17) is 15.0 Å². The smallest absolute Gasteiger partial charge is 0.327 e. The molecule has 0 heterocycles. The number of esters is 1. The number of ether oxygens (including phenoxy) is 1. The topological polar surface area (TPSA) is 73.6 Å². The molecule has 0 aliphatic carbocycles. The second-order valence-electron chi connectivity index (χ2n) is 6.43. The van der Waals surface area contributed by atoms with Crippen LogP contribution in [0.3, 0.4) is 0 Å². The normalized spacial score (nSPS) is 14.3. The molecule has 0 aromatic carbocycles. The summed E-state index contributed by atoms with van der Waals surface area (Å²) in [5.74, 6) is 5.04. The van der Waals surface area contributed by atoms with Gasteiger partial charge >= 0.3 is 5.97 Å². The van der Waals surface area contributed by atoms with Gasteiger partial charge in [0.2, 0.25) is 0 Å². The Kier molecular flexibility index (Phi) is 7.81. The maximum atomic E-state index is 11.9. The van der Waals surface area contributed by atoms with Crippen molar-refractivity contribution in [3.63, 3.8) is 0 Å². The van der Waals surface area contributed by atoms with Crippen LogP contribution in [0.5, 0.6) is 0 Å². The lowest BCUT2D eigenvalue weighted by Crippen LogP contribution is -2.49. The average Bonchev–Trinajstić information content (AvgIpc) is 2.24. The van der Waals surface area contributed by atoms with Gasteiger partial charge in [-0.25, -0.2) is 5.43 Å². The molecule has 3 N–H and O–H groups in total. The monoisotopic (exact) mass is 290 g/mol. The molecule has 0 saturated carbocycles. The Morgan fingerprint density at radius 2 is 1.95 bits per heavy atom. The number of hydrogen-bond acceptors (Lipinski definition) is 5. The first-order chi connectivity index (χ1) is 8.61. The summed E-state index contributed by atoms with van der Waals surface area (Å²) in [5, 5.41) is 0. The molecule has 0 fully saturated rings. The number of carbonyl (C=O) groups is 1. The predicted molar refractivity (Wildman–Crippen MR) is 80.1 cm³/mol. The molecule has 0 radical (unpaired) electrons. The summed E-state index contributed by atoms with van der Waals surface area (Å²) in [5.41, 5.74) is 1.96. The summed E-state index contributed by atoms with van der Waals surface area (Å²) in [4.78, 5) is 11.9. The van der Waals surface area contributed by atoms with Crippen LogP contribution >= 0.6 is 0 Å². The summed E-state index contributed by atoms with van der Waals surface area (Å²) in [7, 11) is -1.71. The zero-order valence-corrected chi connectivity index (χ0v) is 14.2. The first kappa shape index (κ1) is 18.6. The van der Waals surface area contributed by atoms with Crippen LogP contribution < -0.4 is 11.3 Å². The fraction of sp³-hybridized carbons (Fsp3) is 0.923. The number of hydrazine groups is 1. The molecular formula is C13H30N2O3Si. The zero-order chi connectivity index (χ0) is 15.1. The van der Waals surface area contributed by atoms with E-state index in [9.17, 15) is 4.79 Å². The standard InChI is InChI=1S/C13H30N2O3Si/c1-7-8-9-19(5,6)17-10-11(15-14)12(16)18-13(2,3)4/h11,15H,7-10,14H2,1-6H3. The molecule has 0 aromatic rings. The van der Waals surface area contributed by atoms with Crippen LogP contribution in [-0.2, 0) is 14.0 Å². The van der Waals surface area contributed by atoms with Crippen molar-refractivity contribution in [2.45, 2.75) is 71.3 Å². The van der Waals surface area contributed by atoms with Crippen LogP contribution in [0.1, 0.15) is 40.5 Å². The summed E-state index contributed by atoms with van der Waals surface area (Å²) < 4.78 is 11.2. The van der Waals surface area contributed by atoms with Crippen molar-refractivity contribution in [3.8, 4) is 0 Å². The molecule has 1 unspecified atom stereocenters. The van der Waals surface area contributed by atoms with Crippen LogP contribution in [0, 0.1) is 0 Å². The highest BCUT2D eigenvalue weighted by Crippen LogP contribution is 2.16. The Morgan fingerprint density at radius 1 is 1.37 bits per heavy atom. The van der Waals surface area contributed by atoms with Gasteiger partial charge in [-0.2, -0.15) is 0 Å². The van der Waals surface area contributed by atoms with E-state index in [1.165, 1.54) is 0 Å². The van der Waals surface area contributed by atoms with E-state index < -0.39 is 20.0 Å². The largest absolute Gasteiger partial charge is 0.459 e. The van der Waals surface area contributed by atoms with Crippen LogP contribution in [0.25, 0.3) is 0 Å². The van der Waals surface area contributed by atoms with Crippen molar-refractivity contribution in [1.29, 1.82) is 0 Å². The molecule has 5 nitrogen and oxygen atoms in total. The molecular weight excluding hydrogens is 260 g/mol. The highest BCUT2D eigenvalue weighted by Gasteiger charge is 2.28. The number of unbranched alkanes of at least 4 members (excludes halogenated alkanes) is 1. The summed E-state index contributed by atoms with van der Waals surface area (Å²) >= 11 is 0. The Morgan fingerprint density at radius 3 is 2.37 bits per heavy atom. The molecule has 0 bridgehead atoms. The van der Waals surface area contributed by atoms with Gasteiger partial charge in [-0.3, -0.25) is 10.6 Å². The van der Waals surface area contributed by atoms with Gasteiger partial charge in [-0.05, 0) is 39.9 Å². The minimum absolute atomic E-state index is 0.272. The van der Waals surface area contributed by atoms with Crippen molar-refractivity contribution in [3.05, 3.63) is 0 Å². The van der Waals surface area contributed by atoms with E-state index in [2.05, 4.69) is 25.4 Å². The number of carbonyl (C=O) groups excluding carboxylic acids is 1. The quantitative estimate of drug-likeness (QED) is 0.310.